The van der Waals surface area contributed by atoms with Crippen LogP contribution in [-0.4, -0.2) is 55.0 Å². The van der Waals surface area contributed by atoms with Crippen LogP contribution in [0.4, 0.5) is 22.7 Å². The number of nitrogens with two attached hydrogens (primary N) is 4. The summed E-state index contributed by atoms with van der Waals surface area (Å²) in [4.78, 5) is 0. The predicted molar refractivity (Wildman–Crippen MR) is 211 cm³/mol. The molecule has 0 spiro atoms. The minimum atomic E-state index is -2.17. The molecule has 0 amide bonds. The quantitative estimate of drug-likeness (QED) is 0.0972. The first-order valence-corrected chi connectivity index (χ1v) is 15.9. The van der Waals surface area contributed by atoms with Crippen LogP contribution < -0.4 is 50.2 Å². The Hall–Kier alpha value is -3.81. The van der Waals surface area contributed by atoms with Gasteiger partial charge in [-0.25, -0.2) is 0 Å². The molecule has 11 heteroatoms. The van der Waals surface area contributed by atoms with Crippen molar-refractivity contribution in [2.24, 2.45) is 0 Å². The van der Waals surface area contributed by atoms with Crippen LogP contribution in [0.3, 0.4) is 0 Å². The van der Waals surface area contributed by atoms with Crippen LogP contribution in [0, 0.1) is 62.3 Å². The number of rotatable bonds is 7. The van der Waals surface area contributed by atoms with E-state index in [-0.39, 0.29) is 44.7 Å². The molecule has 1 unspecified atom stereocenters. The molecule has 48 heavy (non-hydrogen) atoms. The average Bonchev–Trinajstić information content (AvgIpc) is 3.05. The molecule has 10 N–H and O–H groups in total. The van der Waals surface area contributed by atoms with Crippen LogP contribution in [0.2, 0.25) is 0 Å². The second kappa shape index (κ2) is 12.9. The van der Waals surface area contributed by atoms with Gasteiger partial charge in [0.25, 0.3) is 0 Å². The fourth-order valence-corrected chi connectivity index (χ4v) is 7.48. The van der Waals surface area contributed by atoms with Crippen LogP contribution in [-0.2, 0) is 18.6 Å². The van der Waals surface area contributed by atoms with Crippen molar-refractivity contribution in [3.05, 3.63) is 83.5 Å². The molecule has 6 nitrogen and oxygen atoms in total. The molecule has 4 aromatic carbocycles. The predicted octanol–water partition coefficient (Wildman–Crippen LogP) is 0.0952. The molecular weight excluding hydrogens is 586 g/mol. The molecule has 0 fully saturated rings. The van der Waals surface area contributed by atoms with Crippen molar-refractivity contribution in [1.29, 1.82) is 0 Å². The van der Waals surface area contributed by atoms with Gasteiger partial charge in [0.1, 0.15) is 0 Å². The van der Waals surface area contributed by atoms with Crippen molar-refractivity contribution in [2.75, 3.05) is 22.9 Å². The number of hydrogen-bond acceptors (Lipinski definition) is 6. The maximum absolute atomic E-state index is 14.0. The summed E-state index contributed by atoms with van der Waals surface area (Å²) in [7, 11) is 26.8. The first-order chi connectivity index (χ1) is 22.2. The monoisotopic (exact) mass is 630 g/mol. The molecule has 0 heterocycles. The summed E-state index contributed by atoms with van der Waals surface area (Å²) in [5.41, 5.74) is 37.1. The molecule has 238 valence electrons. The number of benzene rings is 4. The Morgan fingerprint density at radius 3 is 1.62 bits per heavy atom. The van der Waals surface area contributed by atoms with E-state index in [9.17, 15) is 10.2 Å². The molecule has 0 bridgehead atoms. The normalized spacial score (nSPS) is 12.6. The standard InChI is InChI=1S/C37H43B5N4O2/c1-13-15(3)28(38)19(7)29(39)23(13)11-22-14(2)16(4)33(43)18(6)25(22)37(48,26-17(5)32(42-10)20(8)30(40)31(26)41)27-24(12-47)36(46)35(45)21(9)34(27)44/h47-48H,10-12,43-46H2,1-9H3. The molecular formula is C37H43B5N4O2. The Morgan fingerprint density at radius 2 is 1.08 bits per heavy atom. The fraction of sp³-hybridized carbons (Fsp3) is 0.324. The molecule has 0 aliphatic carbocycles. The summed E-state index contributed by atoms with van der Waals surface area (Å²) in [6.07, 6.45) is 0.303. The van der Waals surface area contributed by atoms with Gasteiger partial charge in [-0.05, 0) is 0 Å². The van der Waals surface area contributed by atoms with Crippen molar-refractivity contribution in [3.63, 3.8) is 0 Å². The zero-order chi connectivity index (χ0) is 36.5. The van der Waals surface area contributed by atoms with E-state index < -0.39 is 12.2 Å². The first kappa shape index (κ1) is 37.0. The minimum absolute atomic E-state index is 0.0961. The van der Waals surface area contributed by atoms with Crippen molar-refractivity contribution in [1.82, 2.24) is 0 Å². The number of anilines is 4. The van der Waals surface area contributed by atoms with E-state index in [2.05, 4.69) is 6.47 Å². The van der Waals surface area contributed by atoms with Gasteiger partial charge in [-0.2, -0.15) is 0 Å². The Bertz CT molecular complexity index is 2030. The Kier molecular flexibility index (Phi) is 9.95. The zero-order valence-corrected chi connectivity index (χ0v) is 29.7. The molecule has 0 aliphatic heterocycles. The Labute approximate surface area is 291 Å². The topological polar surface area (TPSA) is 145 Å². The number of aliphatic hydroxyl groups is 2. The van der Waals surface area contributed by atoms with E-state index in [1.54, 1.807) is 13.8 Å². The van der Waals surface area contributed by atoms with E-state index in [1.807, 2.05) is 55.4 Å². The number of aliphatic hydroxyl groups excluding tert-OH is 1. The Balaban J connectivity index is 2.42. The summed E-state index contributed by atoms with van der Waals surface area (Å²) in [6, 6.07) is 0. The third-order valence-corrected chi connectivity index (χ3v) is 11.0. The molecule has 4 rings (SSSR count). The SMILES string of the molecule is [B]c1c(C)c([B])c(Cc2c(C)c(C)c(N)c(C)c2C(O)(c2c([B])c([B])c(C)c(B=C)c2C)c2c(N)c(C)c(N)c(N)c2CO)c(C)c1C. The van der Waals surface area contributed by atoms with Gasteiger partial charge in [0, 0.05) is 0 Å². The third kappa shape index (κ3) is 5.13. The van der Waals surface area contributed by atoms with Crippen molar-refractivity contribution in [2.45, 2.75) is 80.9 Å². The first-order valence-electron chi connectivity index (χ1n) is 15.9. The number of nitrogen functional groups attached to an aromatic ring is 4. The van der Waals surface area contributed by atoms with Gasteiger partial charge < -0.3 is 0 Å². The molecule has 1 atom stereocenters. The van der Waals surface area contributed by atoms with Crippen molar-refractivity contribution in [3.8, 4) is 0 Å². The summed E-state index contributed by atoms with van der Waals surface area (Å²) >= 11 is 0. The second-order valence-electron chi connectivity index (χ2n) is 13.2. The summed E-state index contributed by atoms with van der Waals surface area (Å²) < 4.78 is 0. The average molecular weight is 630 g/mol. The second-order valence-corrected chi connectivity index (χ2v) is 13.2. The third-order valence-electron chi connectivity index (χ3n) is 11.0. The fourth-order valence-electron chi connectivity index (χ4n) is 7.48. The van der Waals surface area contributed by atoms with Crippen molar-refractivity contribution < 1.29 is 10.2 Å². The summed E-state index contributed by atoms with van der Waals surface area (Å²) in [6.45, 7) is 22.1. The Morgan fingerprint density at radius 1 is 0.521 bits per heavy atom. The van der Waals surface area contributed by atoms with E-state index >= 15 is 0 Å². The van der Waals surface area contributed by atoms with Crippen LogP contribution >= 0.6 is 0 Å². The molecule has 0 aliphatic rings. The van der Waals surface area contributed by atoms with E-state index in [1.165, 1.54) is 0 Å². The van der Waals surface area contributed by atoms with Crippen LogP contribution in [0.15, 0.2) is 0 Å². The van der Waals surface area contributed by atoms with Gasteiger partial charge in [-0.15, -0.1) is 0 Å². The van der Waals surface area contributed by atoms with Crippen LogP contribution in [0.1, 0.15) is 83.5 Å². The maximum atomic E-state index is 14.0. The van der Waals surface area contributed by atoms with E-state index in [4.69, 9.17) is 54.3 Å². The molecule has 4 aromatic rings. The molecule has 8 radical (unpaired) electrons. The molecule has 0 aromatic heterocycles. The molecule has 0 saturated heterocycles. The zero-order valence-electron chi connectivity index (χ0n) is 29.7. The van der Waals surface area contributed by atoms with Crippen molar-refractivity contribution >= 4 is 94.8 Å². The van der Waals surface area contributed by atoms with Gasteiger partial charge in [0.15, 0.2) is 0 Å². The van der Waals surface area contributed by atoms with Gasteiger partial charge in [-0.1, -0.05) is 0 Å². The van der Waals surface area contributed by atoms with Crippen LogP contribution in [0.5, 0.6) is 0 Å². The summed E-state index contributed by atoms with van der Waals surface area (Å²) in [5, 5.41) is 24.9. The van der Waals surface area contributed by atoms with Gasteiger partial charge in [0.2, 0.25) is 0 Å². The number of hydrogen-bond donors (Lipinski definition) is 6. The summed E-state index contributed by atoms with van der Waals surface area (Å²) in [5.74, 6) is 0. The van der Waals surface area contributed by atoms with Gasteiger partial charge >= 0.3 is 292 Å². The van der Waals surface area contributed by atoms with Crippen LogP contribution in [0.25, 0.3) is 0 Å². The molecule has 0 saturated carbocycles. The van der Waals surface area contributed by atoms with Gasteiger partial charge in [-0.3, -0.25) is 0 Å². The van der Waals surface area contributed by atoms with E-state index in [0.717, 1.165) is 38.9 Å². The van der Waals surface area contributed by atoms with E-state index in [0.29, 0.717) is 56.3 Å². The van der Waals surface area contributed by atoms with Gasteiger partial charge in [0.05, 0.1) is 0 Å².